The molecular formula is C13H18N2O3. The van der Waals surface area contributed by atoms with Crippen molar-refractivity contribution >= 4 is 12.4 Å². The van der Waals surface area contributed by atoms with Gasteiger partial charge in [-0.05, 0) is 12.5 Å². The van der Waals surface area contributed by atoms with Gasteiger partial charge in [0.2, 0.25) is 5.91 Å². The number of ether oxygens (including phenoxy) is 1. The lowest BCUT2D eigenvalue weighted by Gasteiger charge is -2.19. The number of amides is 1. The van der Waals surface area contributed by atoms with Crippen molar-refractivity contribution in [2.24, 2.45) is 0 Å². The number of hydrogen-bond acceptors (Lipinski definition) is 4. The van der Waals surface area contributed by atoms with Crippen LogP contribution < -0.4 is 10.6 Å². The zero-order valence-corrected chi connectivity index (χ0v) is 10.4. The molecule has 1 aromatic carbocycles. The summed E-state index contributed by atoms with van der Waals surface area (Å²) in [5.74, 6) is 0.100. The fraction of sp³-hybridized carbons (Fsp3) is 0.385. The zero-order valence-electron chi connectivity index (χ0n) is 10.4. The third kappa shape index (κ3) is 6.00. The number of nitrogens with one attached hydrogen (secondary N) is 2. The minimum absolute atomic E-state index is 0.100. The Hall–Kier alpha value is -1.88. The smallest absolute Gasteiger partial charge is 0.293 e. The van der Waals surface area contributed by atoms with E-state index in [1.165, 1.54) is 0 Å². The summed E-state index contributed by atoms with van der Waals surface area (Å²) in [4.78, 5) is 20.2. The molecule has 1 aliphatic heterocycles. The van der Waals surface area contributed by atoms with Gasteiger partial charge in [0.05, 0.1) is 6.54 Å². The first-order valence-corrected chi connectivity index (χ1v) is 5.81. The molecule has 2 N–H and O–H groups in total. The van der Waals surface area contributed by atoms with Crippen LogP contribution in [-0.4, -0.2) is 31.5 Å². The number of rotatable bonds is 3. The van der Waals surface area contributed by atoms with Gasteiger partial charge in [0.1, 0.15) is 6.61 Å². The normalized spacial score (nSPS) is 18.1. The molecule has 0 spiro atoms. The third-order valence-electron chi connectivity index (χ3n) is 2.38. The summed E-state index contributed by atoms with van der Waals surface area (Å²) in [6.45, 7) is 4.09. The molecule has 1 aliphatic rings. The van der Waals surface area contributed by atoms with Crippen molar-refractivity contribution in [3.63, 3.8) is 0 Å². The van der Waals surface area contributed by atoms with Crippen LogP contribution in [0.4, 0.5) is 0 Å². The fourth-order valence-electron chi connectivity index (χ4n) is 1.37. The molecule has 1 atom stereocenters. The first-order chi connectivity index (χ1) is 8.72. The van der Waals surface area contributed by atoms with Crippen LogP contribution in [0.3, 0.4) is 0 Å². The summed E-state index contributed by atoms with van der Waals surface area (Å²) in [6, 6.07) is 9.98. The molecular weight excluding hydrogens is 232 g/mol. The Labute approximate surface area is 107 Å². The molecule has 0 unspecified atom stereocenters. The minimum Gasteiger partial charge on any atom is -0.463 e. The second-order valence-electron chi connectivity index (χ2n) is 3.98. The summed E-state index contributed by atoms with van der Waals surface area (Å²) in [5, 5.41) is 5.75. The first-order valence-electron chi connectivity index (χ1n) is 5.81. The predicted octanol–water partition coefficient (Wildman–Crippen LogP) is 0.454. The first kappa shape index (κ1) is 14.2. The maximum absolute atomic E-state index is 10.4. The van der Waals surface area contributed by atoms with Gasteiger partial charge in [-0.25, -0.2) is 0 Å². The van der Waals surface area contributed by atoms with Crippen LogP contribution in [0.2, 0.25) is 0 Å². The highest BCUT2D eigenvalue weighted by Crippen LogP contribution is 1.98. The van der Waals surface area contributed by atoms with Gasteiger partial charge in [-0.2, -0.15) is 0 Å². The van der Waals surface area contributed by atoms with Crippen LogP contribution >= 0.6 is 0 Å². The highest BCUT2D eigenvalue weighted by molar-refractivity contribution is 5.78. The number of carbonyl (C=O) groups is 2. The summed E-state index contributed by atoms with van der Waals surface area (Å²) < 4.78 is 4.54. The van der Waals surface area contributed by atoms with Gasteiger partial charge in [0.15, 0.2) is 0 Å². The monoisotopic (exact) mass is 250 g/mol. The van der Waals surface area contributed by atoms with Crippen LogP contribution in [0, 0.1) is 0 Å². The van der Waals surface area contributed by atoms with Gasteiger partial charge >= 0.3 is 0 Å². The molecule has 1 saturated heterocycles. The van der Waals surface area contributed by atoms with Gasteiger partial charge in [0.25, 0.3) is 6.47 Å². The SMILES string of the molecule is C[C@H]1CNC(=O)CN1.O=COCc1ccccc1. The molecule has 98 valence electrons. The Morgan fingerprint density at radius 1 is 1.39 bits per heavy atom. The second kappa shape index (κ2) is 8.25. The second-order valence-corrected chi connectivity index (χ2v) is 3.98. The van der Waals surface area contributed by atoms with E-state index in [2.05, 4.69) is 15.4 Å². The summed E-state index contributed by atoms with van der Waals surface area (Å²) in [6.07, 6.45) is 0. The maximum Gasteiger partial charge on any atom is 0.293 e. The van der Waals surface area contributed by atoms with Crippen LogP contribution in [0.25, 0.3) is 0 Å². The van der Waals surface area contributed by atoms with Gasteiger partial charge in [-0.1, -0.05) is 30.3 Å². The van der Waals surface area contributed by atoms with E-state index < -0.39 is 0 Å². The van der Waals surface area contributed by atoms with Gasteiger partial charge in [0, 0.05) is 12.6 Å². The van der Waals surface area contributed by atoms with E-state index in [4.69, 9.17) is 0 Å². The molecule has 1 aromatic rings. The third-order valence-corrected chi connectivity index (χ3v) is 2.38. The molecule has 1 fully saturated rings. The Kier molecular flexibility index (Phi) is 6.50. The van der Waals surface area contributed by atoms with Crippen LogP contribution in [-0.2, 0) is 20.9 Å². The lowest BCUT2D eigenvalue weighted by molar-refractivity contribution is -0.129. The molecule has 0 saturated carbocycles. The van der Waals surface area contributed by atoms with Crippen LogP contribution in [0.5, 0.6) is 0 Å². The zero-order chi connectivity index (χ0) is 13.2. The summed E-state index contributed by atoms with van der Waals surface area (Å²) in [5.41, 5.74) is 1.01. The highest BCUT2D eigenvalue weighted by atomic mass is 16.5. The Bertz CT molecular complexity index is 358. The maximum atomic E-state index is 10.4. The molecule has 18 heavy (non-hydrogen) atoms. The Balaban J connectivity index is 0.000000184. The van der Waals surface area contributed by atoms with E-state index in [9.17, 15) is 9.59 Å². The van der Waals surface area contributed by atoms with Crippen molar-refractivity contribution in [1.29, 1.82) is 0 Å². The van der Waals surface area contributed by atoms with E-state index in [-0.39, 0.29) is 5.91 Å². The standard InChI is InChI=1S/C8H8O2.C5H10N2O/c9-7-10-6-8-4-2-1-3-5-8;1-4-2-7-5(8)3-6-4/h1-5,7H,6H2;4,6H,2-3H2,1H3,(H,7,8)/t;4-/m.0/s1. The van der Waals surface area contributed by atoms with E-state index >= 15 is 0 Å². The van der Waals surface area contributed by atoms with E-state index in [0.717, 1.165) is 12.1 Å². The lowest BCUT2D eigenvalue weighted by Crippen LogP contribution is -2.50. The van der Waals surface area contributed by atoms with Crippen molar-refractivity contribution in [3.8, 4) is 0 Å². The minimum atomic E-state index is 0.100. The number of carbonyl (C=O) groups excluding carboxylic acids is 2. The fourth-order valence-corrected chi connectivity index (χ4v) is 1.37. The molecule has 0 aliphatic carbocycles. The van der Waals surface area contributed by atoms with Crippen LogP contribution in [0.1, 0.15) is 12.5 Å². The molecule has 1 amide bonds. The predicted molar refractivity (Wildman–Crippen MR) is 67.8 cm³/mol. The van der Waals surface area contributed by atoms with Crippen molar-refractivity contribution in [1.82, 2.24) is 10.6 Å². The van der Waals surface area contributed by atoms with E-state index in [1.54, 1.807) is 0 Å². The molecule has 0 radical (unpaired) electrons. The summed E-state index contributed by atoms with van der Waals surface area (Å²) >= 11 is 0. The molecule has 5 nitrogen and oxygen atoms in total. The average molecular weight is 250 g/mol. The van der Waals surface area contributed by atoms with Crippen molar-refractivity contribution in [2.45, 2.75) is 19.6 Å². The molecule has 5 heteroatoms. The van der Waals surface area contributed by atoms with Crippen molar-refractivity contribution in [3.05, 3.63) is 35.9 Å². The largest absolute Gasteiger partial charge is 0.463 e. The Morgan fingerprint density at radius 3 is 2.61 bits per heavy atom. The molecule has 0 aromatic heterocycles. The average Bonchev–Trinajstić information content (AvgIpc) is 2.42. The topological polar surface area (TPSA) is 67.4 Å². The van der Waals surface area contributed by atoms with Gasteiger partial charge in [-0.15, -0.1) is 0 Å². The molecule has 1 heterocycles. The van der Waals surface area contributed by atoms with E-state index in [1.807, 2.05) is 37.3 Å². The van der Waals surface area contributed by atoms with Crippen molar-refractivity contribution in [2.75, 3.05) is 13.1 Å². The van der Waals surface area contributed by atoms with Crippen molar-refractivity contribution < 1.29 is 14.3 Å². The number of benzene rings is 1. The quantitative estimate of drug-likeness (QED) is 0.765. The van der Waals surface area contributed by atoms with Crippen LogP contribution in [0.15, 0.2) is 30.3 Å². The Morgan fingerprint density at radius 2 is 2.11 bits per heavy atom. The highest BCUT2D eigenvalue weighted by Gasteiger charge is 2.10. The van der Waals surface area contributed by atoms with Gasteiger partial charge < -0.3 is 15.4 Å². The lowest BCUT2D eigenvalue weighted by atomic mass is 10.2. The van der Waals surface area contributed by atoms with E-state index in [0.29, 0.717) is 25.7 Å². The number of piperazine rings is 1. The summed E-state index contributed by atoms with van der Waals surface area (Å²) in [7, 11) is 0. The van der Waals surface area contributed by atoms with Gasteiger partial charge in [-0.3, -0.25) is 9.59 Å². The molecule has 2 rings (SSSR count). The molecule has 0 bridgehead atoms. The number of hydrogen-bond donors (Lipinski definition) is 2.